The van der Waals surface area contributed by atoms with Gasteiger partial charge in [0.25, 0.3) is 0 Å². The monoisotopic (exact) mass is 301 g/mol. The van der Waals surface area contributed by atoms with Crippen molar-refractivity contribution in [3.05, 3.63) is 58.5 Å². The Bertz CT molecular complexity index is 667. The fourth-order valence-corrected chi connectivity index (χ4v) is 2.33. The van der Waals surface area contributed by atoms with Gasteiger partial charge < -0.3 is 14.8 Å². The number of rotatable bonds is 6. The Balaban J connectivity index is 1.81. The molecule has 0 bridgehead atoms. The Kier molecular flexibility index (Phi) is 4.99. The molecule has 0 aliphatic carbocycles. The van der Waals surface area contributed by atoms with Crippen LogP contribution >= 0.6 is 0 Å². The van der Waals surface area contributed by atoms with Gasteiger partial charge in [-0.1, -0.05) is 29.3 Å². The smallest absolute Gasteiger partial charge is 0.371 e. The Morgan fingerprint density at radius 2 is 1.82 bits per heavy atom. The number of nitrogens with one attached hydrogen (secondary N) is 1. The topological polar surface area (TPSA) is 79.5 Å². The molecule has 0 unspecified atom stereocenters. The average molecular weight is 301 g/mol. The van der Waals surface area contributed by atoms with Crippen LogP contribution in [0.5, 0.6) is 0 Å². The molecule has 1 aromatic carbocycles. The highest BCUT2D eigenvalue weighted by molar-refractivity contribution is 5.84. The second-order valence-corrected chi connectivity index (χ2v) is 5.34. The van der Waals surface area contributed by atoms with Crippen molar-refractivity contribution in [2.24, 2.45) is 0 Å². The number of aryl methyl sites for hydroxylation is 3. The third-order valence-corrected chi connectivity index (χ3v) is 3.25. The molecule has 0 spiro atoms. The van der Waals surface area contributed by atoms with E-state index in [1.165, 1.54) is 17.2 Å². The lowest BCUT2D eigenvalue weighted by molar-refractivity contribution is -0.121. The zero-order valence-electron chi connectivity index (χ0n) is 12.7. The van der Waals surface area contributed by atoms with Crippen LogP contribution in [-0.4, -0.2) is 17.0 Å². The van der Waals surface area contributed by atoms with Crippen molar-refractivity contribution in [1.29, 1.82) is 0 Å². The van der Waals surface area contributed by atoms with Crippen molar-refractivity contribution in [2.45, 2.75) is 33.2 Å². The standard InChI is InChI=1S/C17H19NO4/c1-11-7-12(2)9-13(8-11)3-6-16(19)18-10-14-4-5-15(22-14)17(20)21/h4-5,7-9H,3,6,10H2,1-2H3,(H,18,19)(H,20,21). The fraction of sp³-hybridized carbons (Fsp3) is 0.294. The summed E-state index contributed by atoms with van der Waals surface area (Å²) >= 11 is 0. The molecule has 0 aliphatic rings. The third kappa shape index (κ3) is 4.48. The summed E-state index contributed by atoms with van der Waals surface area (Å²) in [5.74, 6) is -0.906. The maximum absolute atomic E-state index is 11.8. The van der Waals surface area contributed by atoms with Gasteiger partial charge in [0.1, 0.15) is 5.76 Å². The van der Waals surface area contributed by atoms with Crippen molar-refractivity contribution in [3.63, 3.8) is 0 Å². The molecule has 5 nitrogen and oxygen atoms in total. The van der Waals surface area contributed by atoms with Gasteiger partial charge in [-0.15, -0.1) is 0 Å². The van der Waals surface area contributed by atoms with Crippen molar-refractivity contribution in [3.8, 4) is 0 Å². The molecular formula is C17H19NO4. The van der Waals surface area contributed by atoms with Gasteiger partial charge in [0.15, 0.2) is 0 Å². The summed E-state index contributed by atoms with van der Waals surface area (Å²) in [6, 6.07) is 9.17. The number of hydrogen-bond donors (Lipinski definition) is 2. The average Bonchev–Trinajstić information content (AvgIpc) is 2.91. The van der Waals surface area contributed by atoms with Crippen LogP contribution in [0.2, 0.25) is 0 Å². The minimum absolute atomic E-state index is 0.0903. The molecule has 1 aromatic heterocycles. The van der Waals surface area contributed by atoms with Crippen LogP contribution in [0.3, 0.4) is 0 Å². The number of furan rings is 1. The number of aromatic carboxylic acids is 1. The van der Waals surface area contributed by atoms with Crippen molar-refractivity contribution < 1.29 is 19.1 Å². The molecule has 22 heavy (non-hydrogen) atoms. The van der Waals surface area contributed by atoms with E-state index in [1.54, 1.807) is 6.07 Å². The SMILES string of the molecule is Cc1cc(C)cc(CCC(=O)NCc2ccc(C(=O)O)o2)c1. The summed E-state index contributed by atoms with van der Waals surface area (Å²) in [5.41, 5.74) is 3.51. The third-order valence-electron chi connectivity index (χ3n) is 3.25. The first-order valence-electron chi connectivity index (χ1n) is 7.10. The zero-order chi connectivity index (χ0) is 16.1. The van der Waals surface area contributed by atoms with Gasteiger partial charge in [-0.3, -0.25) is 4.79 Å². The summed E-state index contributed by atoms with van der Waals surface area (Å²) in [5, 5.41) is 11.5. The zero-order valence-corrected chi connectivity index (χ0v) is 12.7. The predicted octanol–water partition coefficient (Wildman–Crippen LogP) is 2.84. The highest BCUT2D eigenvalue weighted by Gasteiger charge is 2.10. The van der Waals surface area contributed by atoms with Gasteiger partial charge in [-0.25, -0.2) is 4.79 Å². The lowest BCUT2D eigenvalue weighted by atomic mass is 10.0. The number of benzene rings is 1. The van der Waals surface area contributed by atoms with E-state index in [9.17, 15) is 9.59 Å². The predicted molar refractivity (Wildman–Crippen MR) is 81.8 cm³/mol. The second-order valence-electron chi connectivity index (χ2n) is 5.34. The minimum atomic E-state index is -1.12. The number of carbonyl (C=O) groups excluding carboxylic acids is 1. The maximum atomic E-state index is 11.8. The summed E-state index contributed by atoms with van der Waals surface area (Å²) in [4.78, 5) is 22.5. The van der Waals surface area contributed by atoms with Crippen LogP contribution in [0.1, 0.15) is 39.4 Å². The van der Waals surface area contributed by atoms with Crippen LogP contribution < -0.4 is 5.32 Å². The molecule has 2 N–H and O–H groups in total. The van der Waals surface area contributed by atoms with Crippen LogP contribution in [0.4, 0.5) is 0 Å². The Morgan fingerprint density at radius 3 is 2.41 bits per heavy atom. The van der Waals surface area contributed by atoms with E-state index in [4.69, 9.17) is 9.52 Å². The van der Waals surface area contributed by atoms with E-state index in [1.807, 2.05) is 13.8 Å². The van der Waals surface area contributed by atoms with Gasteiger partial charge in [0.05, 0.1) is 6.54 Å². The van der Waals surface area contributed by atoms with Crippen LogP contribution in [-0.2, 0) is 17.8 Å². The molecule has 0 saturated carbocycles. The molecule has 1 amide bonds. The minimum Gasteiger partial charge on any atom is -0.475 e. The van der Waals surface area contributed by atoms with E-state index in [-0.39, 0.29) is 18.2 Å². The van der Waals surface area contributed by atoms with Gasteiger partial charge in [-0.05, 0) is 38.0 Å². The number of carboxylic acid groups (broad SMARTS) is 1. The molecule has 0 atom stereocenters. The van der Waals surface area contributed by atoms with E-state index in [0.29, 0.717) is 18.6 Å². The Hall–Kier alpha value is -2.56. The summed E-state index contributed by atoms with van der Waals surface area (Å²) in [7, 11) is 0. The molecule has 116 valence electrons. The number of carboxylic acids is 1. The maximum Gasteiger partial charge on any atom is 0.371 e. The number of amides is 1. The largest absolute Gasteiger partial charge is 0.475 e. The molecule has 5 heteroatoms. The van der Waals surface area contributed by atoms with Crippen LogP contribution in [0, 0.1) is 13.8 Å². The number of hydrogen-bond acceptors (Lipinski definition) is 3. The molecule has 2 rings (SSSR count). The van der Waals surface area contributed by atoms with E-state index >= 15 is 0 Å². The Labute approximate surface area is 129 Å². The molecule has 0 fully saturated rings. The normalized spacial score (nSPS) is 10.5. The summed E-state index contributed by atoms with van der Waals surface area (Å²) < 4.78 is 5.08. The van der Waals surface area contributed by atoms with E-state index < -0.39 is 5.97 Å². The first kappa shape index (κ1) is 15.8. The quantitative estimate of drug-likeness (QED) is 0.860. The fourth-order valence-electron chi connectivity index (χ4n) is 2.33. The molecule has 0 saturated heterocycles. The van der Waals surface area contributed by atoms with Crippen molar-refractivity contribution in [2.75, 3.05) is 0 Å². The van der Waals surface area contributed by atoms with Gasteiger partial charge in [0, 0.05) is 6.42 Å². The highest BCUT2D eigenvalue weighted by Crippen LogP contribution is 2.11. The Morgan fingerprint density at radius 1 is 1.14 bits per heavy atom. The first-order chi connectivity index (χ1) is 10.4. The van der Waals surface area contributed by atoms with Crippen molar-refractivity contribution in [1.82, 2.24) is 5.32 Å². The second kappa shape index (κ2) is 6.93. The highest BCUT2D eigenvalue weighted by atomic mass is 16.4. The van der Waals surface area contributed by atoms with Crippen LogP contribution in [0.15, 0.2) is 34.7 Å². The lowest BCUT2D eigenvalue weighted by Gasteiger charge is -2.06. The molecule has 2 aromatic rings. The molecule has 0 radical (unpaired) electrons. The molecule has 1 heterocycles. The van der Waals surface area contributed by atoms with Crippen molar-refractivity contribution >= 4 is 11.9 Å². The van der Waals surface area contributed by atoms with E-state index in [0.717, 1.165) is 5.56 Å². The first-order valence-corrected chi connectivity index (χ1v) is 7.10. The molecule has 0 aliphatic heterocycles. The summed E-state index contributed by atoms with van der Waals surface area (Å²) in [6.45, 7) is 4.26. The lowest BCUT2D eigenvalue weighted by Crippen LogP contribution is -2.22. The van der Waals surface area contributed by atoms with Gasteiger partial charge in [0.2, 0.25) is 11.7 Å². The van der Waals surface area contributed by atoms with Crippen LogP contribution in [0.25, 0.3) is 0 Å². The van der Waals surface area contributed by atoms with E-state index in [2.05, 4.69) is 23.5 Å². The van der Waals surface area contributed by atoms with Gasteiger partial charge in [-0.2, -0.15) is 0 Å². The number of carbonyl (C=O) groups is 2. The van der Waals surface area contributed by atoms with Gasteiger partial charge >= 0.3 is 5.97 Å². The summed E-state index contributed by atoms with van der Waals surface area (Å²) in [6.07, 6.45) is 1.06. The molecular weight excluding hydrogens is 282 g/mol.